The van der Waals surface area contributed by atoms with E-state index < -0.39 is 0 Å². The molecule has 2 aromatic rings. The third kappa shape index (κ3) is 3.05. The van der Waals surface area contributed by atoms with Crippen molar-refractivity contribution in [3.63, 3.8) is 0 Å². The number of nitrogens with one attached hydrogen (secondary N) is 1. The molecule has 0 bridgehead atoms. The van der Waals surface area contributed by atoms with Crippen molar-refractivity contribution in [3.8, 4) is 5.75 Å². The number of benzene rings is 1. The second-order valence-corrected chi connectivity index (χ2v) is 4.34. The Labute approximate surface area is 112 Å². The van der Waals surface area contributed by atoms with Crippen LogP contribution in [-0.4, -0.2) is 16.9 Å². The van der Waals surface area contributed by atoms with Gasteiger partial charge in [0.2, 0.25) is 0 Å². The first kappa shape index (κ1) is 13.4. The Bertz CT molecular complexity index is 553. The van der Waals surface area contributed by atoms with Crippen molar-refractivity contribution in [1.29, 1.82) is 0 Å². The maximum absolute atomic E-state index is 13.4. The lowest BCUT2D eigenvalue weighted by Gasteiger charge is -2.15. The van der Waals surface area contributed by atoms with Gasteiger partial charge in [-0.1, -0.05) is 6.07 Å². The van der Waals surface area contributed by atoms with Gasteiger partial charge in [-0.15, -0.1) is 0 Å². The highest BCUT2D eigenvalue weighted by Crippen LogP contribution is 2.24. The molecule has 0 radical (unpaired) electrons. The van der Waals surface area contributed by atoms with Crippen LogP contribution in [-0.2, 0) is 6.54 Å². The van der Waals surface area contributed by atoms with Crippen LogP contribution < -0.4 is 10.1 Å². The highest BCUT2D eigenvalue weighted by Gasteiger charge is 2.10. The molecular formula is C14H18FN3O. The number of rotatable bonds is 5. The van der Waals surface area contributed by atoms with E-state index in [1.54, 1.807) is 18.3 Å². The third-order valence-electron chi connectivity index (χ3n) is 3.02. The zero-order chi connectivity index (χ0) is 13.8. The summed E-state index contributed by atoms with van der Waals surface area (Å²) in [5.74, 6) is -0.0901. The molecule has 0 amide bonds. The molecule has 0 spiro atoms. The zero-order valence-corrected chi connectivity index (χ0v) is 11.4. The number of aromatic nitrogens is 2. The van der Waals surface area contributed by atoms with Crippen molar-refractivity contribution in [2.24, 2.45) is 0 Å². The number of halogens is 1. The van der Waals surface area contributed by atoms with Crippen LogP contribution >= 0.6 is 0 Å². The molecule has 19 heavy (non-hydrogen) atoms. The van der Waals surface area contributed by atoms with Gasteiger partial charge in [-0.25, -0.2) is 4.39 Å². The van der Waals surface area contributed by atoms with E-state index in [2.05, 4.69) is 10.4 Å². The van der Waals surface area contributed by atoms with E-state index in [4.69, 9.17) is 4.74 Å². The summed E-state index contributed by atoms with van der Waals surface area (Å²) in [7, 11) is 1.46. The van der Waals surface area contributed by atoms with Gasteiger partial charge in [0.15, 0.2) is 11.6 Å². The summed E-state index contributed by atoms with van der Waals surface area (Å²) in [4.78, 5) is 0. The molecule has 102 valence electrons. The molecule has 0 saturated carbocycles. The minimum atomic E-state index is -0.350. The van der Waals surface area contributed by atoms with Gasteiger partial charge in [-0.3, -0.25) is 4.68 Å². The second-order valence-electron chi connectivity index (χ2n) is 4.34. The van der Waals surface area contributed by atoms with Gasteiger partial charge in [0.1, 0.15) is 0 Å². The number of hydrogen-bond acceptors (Lipinski definition) is 3. The quantitative estimate of drug-likeness (QED) is 0.900. The molecular weight excluding hydrogens is 245 g/mol. The Balaban J connectivity index is 2.12. The largest absolute Gasteiger partial charge is 0.494 e. The van der Waals surface area contributed by atoms with Crippen molar-refractivity contribution >= 4 is 5.69 Å². The van der Waals surface area contributed by atoms with Crippen LogP contribution in [0.4, 0.5) is 10.1 Å². The average molecular weight is 263 g/mol. The van der Waals surface area contributed by atoms with E-state index in [0.717, 1.165) is 17.8 Å². The molecule has 0 fully saturated rings. The summed E-state index contributed by atoms with van der Waals surface area (Å²) in [6.45, 7) is 4.88. The van der Waals surface area contributed by atoms with Crippen LogP contribution in [0.5, 0.6) is 5.75 Å². The Hall–Kier alpha value is -2.04. The molecule has 1 N–H and O–H groups in total. The first-order valence-electron chi connectivity index (χ1n) is 6.26. The average Bonchev–Trinajstić information content (AvgIpc) is 2.86. The Morgan fingerprint density at radius 3 is 2.89 bits per heavy atom. The molecule has 5 heteroatoms. The van der Waals surface area contributed by atoms with E-state index in [-0.39, 0.29) is 17.6 Å². The van der Waals surface area contributed by atoms with E-state index in [1.807, 2.05) is 24.7 Å². The van der Waals surface area contributed by atoms with Crippen molar-refractivity contribution in [2.45, 2.75) is 26.4 Å². The third-order valence-corrected chi connectivity index (χ3v) is 3.02. The second kappa shape index (κ2) is 5.73. The maximum atomic E-state index is 13.4. The number of nitrogens with zero attached hydrogens (tertiary/aromatic N) is 2. The summed E-state index contributed by atoms with van der Waals surface area (Å²) < 4.78 is 20.2. The molecule has 1 unspecified atom stereocenters. The van der Waals surface area contributed by atoms with Gasteiger partial charge in [0.05, 0.1) is 19.0 Å². The minimum absolute atomic E-state index is 0.0454. The zero-order valence-electron chi connectivity index (χ0n) is 11.4. The Kier molecular flexibility index (Phi) is 4.04. The molecule has 4 nitrogen and oxygen atoms in total. The number of methoxy groups -OCH3 is 1. The fourth-order valence-electron chi connectivity index (χ4n) is 1.89. The summed E-state index contributed by atoms with van der Waals surface area (Å²) in [6.07, 6.45) is 3.72. The van der Waals surface area contributed by atoms with E-state index in [0.29, 0.717) is 0 Å². The predicted octanol–water partition coefficient (Wildman–Crippen LogP) is 3.22. The summed E-state index contributed by atoms with van der Waals surface area (Å²) in [5, 5.41) is 7.52. The number of anilines is 1. The van der Waals surface area contributed by atoms with Gasteiger partial charge in [0, 0.05) is 18.8 Å². The van der Waals surface area contributed by atoms with Crippen LogP contribution in [0.3, 0.4) is 0 Å². The van der Waals surface area contributed by atoms with Gasteiger partial charge in [0.25, 0.3) is 0 Å². The molecule has 0 aliphatic heterocycles. The van der Waals surface area contributed by atoms with Crippen LogP contribution in [0.2, 0.25) is 0 Å². The maximum Gasteiger partial charge on any atom is 0.165 e. The number of ether oxygens (including phenoxy) is 1. The van der Waals surface area contributed by atoms with Gasteiger partial charge in [-0.2, -0.15) is 5.10 Å². The molecule has 1 aromatic heterocycles. The van der Waals surface area contributed by atoms with Crippen LogP contribution in [0.1, 0.15) is 25.5 Å². The highest BCUT2D eigenvalue weighted by atomic mass is 19.1. The standard InChI is InChI=1S/C14H18FN3O/c1-4-18-9-12(8-16-18)17-10(2)11-5-6-13(15)14(7-11)19-3/h5-10,17H,4H2,1-3H3. The lowest BCUT2D eigenvalue weighted by atomic mass is 10.1. The summed E-state index contributed by atoms with van der Waals surface area (Å²) in [6, 6.07) is 4.92. The Morgan fingerprint density at radius 2 is 2.26 bits per heavy atom. The van der Waals surface area contributed by atoms with Crippen LogP contribution in [0.15, 0.2) is 30.6 Å². The normalized spacial score (nSPS) is 12.2. The fourth-order valence-corrected chi connectivity index (χ4v) is 1.89. The lowest BCUT2D eigenvalue weighted by Crippen LogP contribution is -2.06. The molecule has 0 aliphatic rings. The smallest absolute Gasteiger partial charge is 0.165 e. The molecule has 1 heterocycles. The fraction of sp³-hybridized carbons (Fsp3) is 0.357. The van der Waals surface area contributed by atoms with E-state index >= 15 is 0 Å². The molecule has 0 saturated heterocycles. The Morgan fingerprint density at radius 1 is 1.47 bits per heavy atom. The van der Waals surface area contributed by atoms with Crippen molar-refractivity contribution < 1.29 is 9.13 Å². The SMILES string of the molecule is CCn1cc(NC(C)c2ccc(F)c(OC)c2)cn1. The summed E-state index contributed by atoms with van der Waals surface area (Å²) >= 11 is 0. The molecule has 0 aliphatic carbocycles. The van der Waals surface area contributed by atoms with Gasteiger partial charge in [-0.05, 0) is 31.5 Å². The number of aryl methyl sites for hydroxylation is 1. The van der Waals surface area contributed by atoms with Gasteiger partial charge >= 0.3 is 0 Å². The van der Waals surface area contributed by atoms with Crippen LogP contribution in [0.25, 0.3) is 0 Å². The molecule has 1 aromatic carbocycles. The van der Waals surface area contributed by atoms with Gasteiger partial charge < -0.3 is 10.1 Å². The van der Waals surface area contributed by atoms with Crippen molar-refractivity contribution in [1.82, 2.24) is 9.78 Å². The van der Waals surface area contributed by atoms with Crippen molar-refractivity contribution in [3.05, 3.63) is 42.0 Å². The highest BCUT2D eigenvalue weighted by molar-refractivity contribution is 5.42. The topological polar surface area (TPSA) is 39.1 Å². The number of hydrogen-bond donors (Lipinski definition) is 1. The van der Waals surface area contributed by atoms with E-state index in [9.17, 15) is 4.39 Å². The molecule has 2 rings (SSSR count). The monoisotopic (exact) mass is 263 g/mol. The first-order chi connectivity index (χ1) is 9.13. The predicted molar refractivity (Wildman–Crippen MR) is 72.9 cm³/mol. The minimum Gasteiger partial charge on any atom is -0.494 e. The first-order valence-corrected chi connectivity index (χ1v) is 6.26. The van der Waals surface area contributed by atoms with E-state index in [1.165, 1.54) is 13.2 Å². The van der Waals surface area contributed by atoms with Crippen LogP contribution in [0, 0.1) is 5.82 Å². The van der Waals surface area contributed by atoms with Crippen molar-refractivity contribution in [2.75, 3.05) is 12.4 Å². The lowest BCUT2D eigenvalue weighted by molar-refractivity contribution is 0.385. The molecule has 1 atom stereocenters. The summed E-state index contributed by atoms with van der Waals surface area (Å²) in [5.41, 5.74) is 1.90.